The summed E-state index contributed by atoms with van der Waals surface area (Å²) in [5.74, 6) is -3.24. The number of carbonyl (C=O) groups excluding carboxylic acids is 3. The first kappa shape index (κ1) is 24.2. The molecule has 2 N–H and O–H groups in total. The summed E-state index contributed by atoms with van der Waals surface area (Å²) < 4.78 is 38.3. The molecule has 0 aromatic rings. The number of alkyl halides is 2. The van der Waals surface area contributed by atoms with Crippen molar-refractivity contribution in [2.24, 2.45) is 22.7 Å². The molecule has 4 rings (SSSR count). The predicted molar refractivity (Wildman–Crippen MR) is 114 cm³/mol. The first-order valence-electron chi connectivity index (χ1n) is 11.7. The van der Waals surface area contributed by atoms with Crippen LogP contribution < -0.4 is 0 Å². The van der Waals surface area contributed by atoms with E-state index < -0.39 is 70.4 Å². The summed E-state index contributed by atoms with van der Waals surface area (Å²) in [5.41, 5.74) is -6.64. The zero-order chi connectivity index (χ0) is 24.4. The number of Topliss-reactive ketones (excluding diaryl/α,β-unsaturated/α-hetero) is 1. The number of ether oxygens (including phenoxy) is 1. The molecule has 0 bridgehead atoms. The first-order chi connectivity index (χ1) is 15.4. The number of fused-ring (bicyclic) bond motifs is 5. The minimum atomic E-state index is -2.27. The molecule has 0 amide bonds. The lowest BCUT2D eigenvalue weighted by molar-refractivity contribution is -0.229. The molecule has 33 heavy (non-hydrogen) atoms. The molecule has 0 heterocycles. The zero-order valence-corrected chi connectivity index (χ0v) is 19.3. The van der Waals surface area contributed by atoms with Crippen LogP contribution in [0.1, 0.15) is 59.3 Å². The molecule has 0 aliphatic heterocycles. The first-order valence-corrected chi connectivity index (χ1v) is 11.7. The monoisotopic (exact) mass is 466 g/mol. The van der Waals surface area contributed by atoms with Gasteiger partial charge in [0.15, 0.2) is 17.1 Å². The lowest BCUT2D eigenvalue weighted by Gasteiger charge is -2.63. The number of allylic oxidation sites excluding steroid dienone is 4. The number of hydrogen-bond acceptors (Lipinski definition) is 6. The van der Waals surface area contributed by atoms with Crippen LogP contribution in [-0.2, 0) is 19.1 Å². The van der Waals surface area contributed by atoms with Gasteiger partial charge in [-0.25, -0.2) is 8.78 Å². The maximum Gasteiger partial charge on any atom is 0.306 e. The Labute approximate surface area is 192 Å². The maximum absolute atomic E-state index is 17.1. The number of carbonyl (C=O) groups is 3. The summed E-state index contributed by atoms with van der Waals surface area (Å²) >= 11 is 0. The van der Waals surface area contributed by atoms with Crippen molar-refractivity contribution >= 4 is 17.5 Å². The third-order valence-corrected chi connectivity index (χ3v) is 9.08. The van der Waals surface area contributed by atoms with Crippen molar-refractivity contribution in [2.75, 3.05) is 6.61 Å². The van der Waals surface area contributed by atoms with Gasteiger partial charge in [0.25, 0.3) is 0 Å². The van der Waals surface area contributed by atoms with Crippen LogP contribution in [0.4, 0.5) is 8.78 Å². The van der Waals surface area contributed by atoms with E-state index in [1.165, 1.54) is 19.1 Å². The average Bonchev–Trinajstić information content (AvgIpc) is 3.04. The van der Waals surface area contributed by atoms with Gasteiger partial charge in [0, 0.05) is 23.2 Å². The molecule has 6 nitrogen and oxygen atoms in total. The Morgan fingerprint density at radius 3 is 2.61 bits per heavy atom. The van der Waals surface area contributed by atoms with Crippen molar-refractivity contribution in [1.82, 2.24) is 0 Å². The van der Waals surface area contributed by atoms with E-state index in [0.717, 1.165) is 6.08 Å². The van der Waals surface area contributed by atoms with Gasteiger partial charge in [0.05, 0.1) is 6.10 Å². The van der Waals surface area contributed by atoms with E-state index in [1.807, 2.05) is 0 Å². The van der Waals surface area contributed by atoms with E-state index in [4.69, 9.17) is 4.74 Å². The largest absolute Gasteiger partial charge is 0.450 e. The molecule has 4 aliphatic carbocycles. The van der Waals surface area contributed by atoms with E-state index in [0.29, 0.717) is 6.42 Å². The fourth-order valence-electron chi connectivity index (χ4n) is 7.45. The van der Waals surface area contributed by atoms with Crippen LogP contribution in [0.3, 0.4) is 0 Å². The predicted octanol–water partition coefficient (Wildman–Crippen LogP) is 2.95. The minimum Gasteiger partial charge on any atom is -0.450 e. The van der Waals surface area contributed by atoms with Crippen LogP contribution in [0.25, 0.3) is 0 Å². The smallest absolute Gasteiger partial charge is 0.306 e. The molecular formula is C25H32F2O6. The van der Waals surface area contributed by atoms with Crippen molar-refractivity contribution in [3.05, 3.63) is 23.8 Å². The van der Waals surface area contributed by atoms with Crippen molar-refractivity contribution in [2.45, 2.75) is 82.8 Å². The van der Waals surface area contributed by atoms with Gasteiger partial charge in [-0.15, -0.1) is 0 Å². The second-order valence-corrected chi connectivity index (χ2v) is 10.5. The highest BCUT2D eigenvalue weighted by atomic mass is 19.1. The molecular weight excluding hydrogens is 434 g/mol. The van der Waals surface area contributed by atoms with Crippen LogP contribution in [0.15, 0.2) is 23.8 Å². The highest BCUT2D eigenvalue weighted by molar-refractivity contribution is 6.01. The van der Waals surface area contributed by atoms with Gasteiger partial charge in [0.2, 0.25) is 5.78 Å². The number of rotatable bonds is 5. The molecule has 3 fully saturated rings. The number of halogens is 2. The molecule has 0 saturated heterocycles. The maximum atomic E-state index is 17.1. The Bertz CT molecular complexity index is 945. The van der Waals surface area contributed by atoms with Crippen molar-refractivity contribution in [3.8, 4) is 0 Å². The Kier molecular flexibility index (Phi) is 5.72. The van der Waals surface area contributed by atoms with Gasteiger partial charge in [-0.1, -0.05) is 19.9 Å². The Morgan fingerprint density at radius 2 is 1.97 bits per heavy atom. The number of aliphatic hydroxyl groups is 2. The van der Waals surface area contributed by atoms with Crippen molar-refractivity contribution < 1.29 is 38.1 Å². The Balaban J connectivity index is 1.82. The van der Waals surface area contributed by atoms with Crippen LogP contribution in [0.2, 0.25) is 0 Å². The number of ketones is 2. The molecule has 8 heteroatoms. The van der Waals surface area contributed by atoms with Gasteiger partial charge >= 0.3 is 5.97 Å². The van der Waals surface area contributed by atoms with Crippen LogP contribution in [0.5, 0.6) is 0 Å². The minimum absolute atomic E-state index is 0.0291. The lowest BCUT2D eigenvalue weighted by Crippen LogP contribution is -2.70. The second kappa shape index (κ2) is 7.80. The van der Waals surface area contributed by atoms with Gasteiger partial charge in [-0.2, -0.15) is 0 Å². The van der Waals surface area contributed by atoms with Gasteiger partial charge in [-0.05, 0) is 62.7 Å². The van der Waals surface area contributed by atoms with Gasteiger partial charge in [0.1, 0.15) is 12.8 Å². The van der Waals surface area contributed by atoms with E-state index in [9.17, 15) is 24.6 Å². The third-order valence-electron chi connectivity index (χ3n) is 9.08. The number of hydrogen-bond donors (Lipinski definition) is 2. The summed E-state index contributed by atoms with van der Waals surface area (Å²) in [7, 11) is 0. The van der Waals surface area contributed by atoms with E-state index in [2.05, 4.69) is 0 Å². The quantitative estimate of drug-likeness (QED) is 0.605. The van der Waals surface area contributed by atoms with Crippen LogP contribution in [-0.4, -0.2) is 57.9 Å². The third kappa shape index (κ3) is 2.99. The zero-order valence-electron chi connectivity index (χ0n) is 19.3. The fourth-order valence-corrected chi connectivity index (χ4v) is 7.45. The molecule has 182 valence electrons. The van der Waals surface area contributed by atoms with Crippen molar-refractivity contribution in [3.63, 3.8) is 0 Å². The molecule has 4 aliphatic rings. The molecule has 0 spiro atoms. The molecule has 0 unspecified atom stereocenters. The van der Waals surface area contributed by atoms with Crippen LogP contribution >= 0.6 is 0 Å². The summed E-state index contributed by atoms with van der Waals surface area (Å²) in [6.07, 6.45) is 1.01. The normalized spacial score (nSPS) is 46.2. The van der Waals surface area contributed by atoms with Gasteiger partial charge in [-0.3, -0.25) is 14.4 Å². The molecule has 0 radical (unpaired) electrons. The lowest BCUT2D eigenvalue weighted by atomic mass is 9.44. The fraction of sp³-hybridized carbons (Fsp3) is 0.720. The molecule has 3 saturated carbocycles. The number of esters is 1. The summed E-state index contributed by atoms with van der Waals surface area (Å²) in [6.45, 7) is 4.13. The summed E-state index contributed by atoms with van der Waals surface area (Å²) in [4.78, 5) is 37.4. The second-order valence-electron chi connectivity index (χ2n) is 10.5. The highest BCUT2D eigenvalue weighted by Crippen LogP contribution is 2.70. The highest BCUT2D eigenvalue weighted by Gasteiger charge is 2.76. The molecule has 0 aromatic carbocycles. The SMILES string of the molecule is CCCC(=O)O[C@]1(C(=O)CO)CC[C@@H]2[C@@H]3C[C@H](F)C4=CC(=O)C=C[C@]4(C)[C@@]3(F)[C@@H](O)C[C@@]21C. The Hall–Kier alpha value is -1.93. The van der Waals surface area contributed by atoms with Crippen LogP contribution in [0, 0.1) is 22.7 Å². The molecule has 8 atom stereocenters. The van der Waals surface area contributed by atoms with E-state index in [-0.39, 0.29) is 37.7 Å². The Morgan fingerprint density at radius 1 is 1.27 bits per heavy atom. The van der Waals surface area contributed by atoms with Crippen molar-refractivity contribution in [1.29, 1.82) is 0 Å². The van der Waals surface area contributed by atoms with Gasteiger partial charge < -0.3 is 14.9 Å². The summed E-state index contributed by atoms with van der Waals surface area (Å²) in [5, 5.41) is 21.0. The standard InChI is InChI=1S/C25H32F2O6/c1-4-5-21(32)33-24(20(31)13-28)9-7-15-16-11-18(26)17-10-14(29)6-8-22(17,2)25(16,27)19(30)12-23(15,24)3/h6,8,10,15-16,18-19,28,30H,4-5,7,9,11-13H2,1-3H3/t15-,16+,18+,19+,22+,23+,24+,25+/m1/s1. The topological polar surface area (TPSA) is 101 Å². The molecule has 0 aromatic heterocycles. The summed E-state index contributed by atoms with van der Waals surface area (Å²) in [6, 6.07) is 0. The average molecular weight is 467 g/mol. The van der Waals surface area contributed by atoms with E-state index in [1.54, 1.807) is 13.8 Å². The van der Waals surface area contributed by atoms with E-state index >= 15 is 8.78 Å². The number of aliphatic hydroxyl groups excluding tert-OH is 2.